The number of anilines is 1. The van der Waals surface area contributed by atoms with Crippen molar-refractivity contribution in [1.82, 2.24) is 5.32 Å². The Bertz CT molecular complexity index is 407. The molecule has 0 aliphatic rings. The maximum atomic E-state index is 12.1. The highest BCUT2D eigenvalue weighted by atomic mass is 16.2. The molecule has 100 valence electrons. The molecule has 1 aromatic rings. The van der Waals surface area contributed by atoms with Crippen LogP contribution in [0, 0.1) is 12.3 Å². The minimum absolute atomic E-state index is 0.0296. The Morgan fingerprint density at radius 2 is 2.00 bits per heavy atom. The zero-order valence-corrected chi connectivity index (χ0v) is 12.1. The predicted octanol–water partition coefficient (Wildman–Crippen LogP) is 3.58. The van der Waals surface area contributed by atoms with Gasteiger partial charge in [0.2, 0.25) is 0 Å². The summed E-state index contributed by atoms with van der Waals surface area (Å²) in [7, 11) is 0. The molecule has 0 aliphatic heterocycles. The number of rotatable bonds is 3. The zero-order valence-electron chi connectivity index (χ0n) is 12.1. The van der Waals surface area contributed by atoms with E-state index >= 15 is 0 Å². The predicted molar refractivity (Wildman–Crippen MR) is 77.1 cm³/mol. The summed E-state index contributed by atoms with van der Waals surface area (Å²) in [5.74, 6) is 0. The van der Waals surface area contributed by atoms with Gasteiger partial charge in [-0.05, 0) is 37.0 Å². The molecule has 3 nitrogen and oxygen atoms in total. The molecule has 1 N–H and O–H groups in total. The molecular weight excluding hydrogens is 224 g/mol. The lowest BCUT2D eigenvalue weighted by molar-refractivity contribution is 0.241. The summed E-state index contributed by atoms with van der Waals surface area (Å²) in [6.07, 6.45) is 0. The fourth-order valence-electron chi connectivity index (χ4n) is 1.68. The van der Waals surface area contributed by atoms with Crippen LogP contribution in [-0.2, 0) is 0 Å². The lowest BCUT2D eigenvalue weighted by Gasteiger charge is -2.25. The molecule has 0 aliphatic carbocycles. The third kappa shape index (κ3) is 4.40. The van der Waals surface area contributed by atoms with Crippen molar-refractivity contribution < 1.29 is 4.79 Å². The second kappa shape index (κ2) is 5.89. The van der Waals surface area contributed by atoms with Crippen molar-refractivity contribution in [3.05, 3.63) is 29.8 Å². The summed E-state index contributed by atoms with van der Waals surface area (Å²) in [5.41, 5.74) is 2.21. The number of benzene rings is 1. The second-order valence-electron chi connectivity index (χ2n) is 5.80. The van der Waals surface area contributed by atoms with Crippen LogP contribution < -0.4 is 10.2 Å². The Morgan fingerprint density at radius 1 is 1.33 bits per heavy atom. The molecule has 0 spiro atoms. The molecule has 0 saturated carbocycles. The van der Waals surface area contributed by atoms with Gasteiger partial charge in [0, 0.05) is 18.8 Å². The SMILES string of the molecule is CCN(C(=O)NCC(C)(C)C)c1cccc(C)c1. The van der Waals surface area contributed by atoms with Crippen LogP contribution in [0.5, 0.6) is 0 Å². The summed E-state index contributed by atoms with van der Waals surface area (Å²) < 4.78 is 0. The first kappa shape index (κ1) is 14.6. The molecule has 0 heterocycles. The van der Waals surface area contributed by atoms with Gasteiger partial charge in [0.1, 0.15) is 0 Å². The number of carbonyl (C=O) groups excluding carboxylic acids is 1. The number of hydrogen-bond donors (Lipinski definition) is 1. The Kier molecular flexibility index (Phi) is 4.76. The van der Waals surface area contributed by atoms with Crippen molar-refractivity contribution in [3.8, 4) is 0 Å². The standard InChI is InChI=1S/C15H24N2O/c1-6-17(13-9-7-8-12(2)10-13)14(18)16-11-15(3,4)5/h7-10H,6,11H2,1-5H3,(H,16,18). The van der Waals surface area contributed by atoms with E-state index in [1.807, 2.05) is 38.1 Å². The number of carbonyl (C=O) groups is 1. The van der Waals surface area contributed by atoms with Crippen LogP contribution in [0.2, 0.25) is 0 Å². The Labute approximate surface area is 110 Å². The molecular formula is C15H24N2O. The number of urea groups is 1. The highest BCUT2D eigenvalue weighted by Gasteiger charge is 2.17. The largest absolute Gasteiger partial charge is 0.337 e. The van der Waals surface area contributed by atoms with Crippen LogP contribution in [0.25, 0.3) is 0 Å². The molecule has 2 amide bonds. The van der Waals surface area contributed by atoms with Crippen LogP contribution in [-0.4, -0.2) is 19.1 Å². The van der Waals surface area contributed by atoms with E-state index in [2.05, 4.69) is 26.1 Å². The van der Waals surface area contributed by atoms with Crippen LogP contribution in [0.4, 0.5) is 10.5 Å². The van der Waals surface area contributed by atoms with Crippen LogP contribution in [0.15, 0.2) is 24.3 Å². The second-order valence-corrected chi connectivity index (χ2v) is 5.80. The van der Waals surface area contributed by atoms with E-state index in [4.69, 9.17) is 0 Å². The van der Waals surface area contributed by atoms with Gasteiger partial charge in [0.15, 0.2) is 0 Å². The van der Waals surface area contributed by atoms with Crippen molar-refractivity contribution >= 4 is 11.7 Å². The maximum absolute atomic E-state index is 12.1. The van der Waals surface area contributed by atoms with Gasteiger partial charge < -0.3 is 5.32 Å². The van der Waals surface area contributed by atoms with Crippen LogP contribution >= 0.6 is 0 Å². The number of amides is 2. The average Bonchev–Trinajstić information content (AvgIpc) is 2.26. The lowest BCUT2D eigenvalue weighted by atomic mass is 9.97. The van der Waals surface area contributed by atoms with Gasteiger partial charge >= 0.3 is 6.03 Å². The molecule has 0 aromatic heterocycles. The summed E-state index contributed by atoms with van der Waals surface area (Å²) in [4.78, 5) is 13.9. The molecule has 0 atom stereocenters. The van der Waals surface area contributed by atoms with Gasteiger partial charge in [-0.3, -0.25) is 4.90 Å². The lowest BCUT2D eigenvalue weighted by Crippen LogP contribution is -2.43. The van der Waals surface area contributed by atoms with E-state index in [9.17, 15) is 4.79 Å². The normalized spacial score (nSPS) is 11.2. The monoisotopic (exact) mass is 248 g/mol. The molecule has 0 saturated heterocycles. The number of nitrogens with one attached hydrogen (secondary N) is 1. The summed E-state index contributed by atoms with van der Waals surface area (Å²) >= 11 is 0. The van der Waals surface area contributed by atoms with E-state index < -0.39 is 0 Å². The quantitative estimate of drug-likeness (QED) is 0.871. The van der Waals surface area contributed by atoms with E-state index in [0.717, 1.165) is 11.3 Å². The average molecular weight is 248 g/mol. The van der Waals surface area contributed by atoms with Crippen LogP contribution in [0.1, 0.15) is 33.3 Å². The highest BCUT2D eigenvalue weighted by Crippen LogP contribution is 2.16. The Hall–Kier alpha value is -1.51. The first-order valence-electron chi connectivity index (χ1n) is 6.45. The van der Waals surface area contributed by atoms with Crippen LogP contribution in [0.3, 0.4) is 0 Å². The van der Waals surface area contributed by atoms with Crippen molar-refractivity contribution in [1.29, 1.82) is 0 Å². The number of aryl methyl sites for hydroxylation is 1. The molecule has 0 fully saturated rings. The Balaban J connectivity index is 2.75. The van der Waals surface area contributed by atoms with E-state index in [-0.39, 0.29) is 11.4 Å². The minimum atomic E-state index is -0.0296. The molecule has 0 unspecified atom stereocenters. The fraction of sp³-hybridized carbons (Fsp3) is 0.533. The zero-order chi connectivity index (χ0) is 13.8. The van der Waals surface area contributed by atoms with Gasteiger partial charge in [-0.15, -0.1) is 0 Å². The van der Waals surface area contributed by atoms with Crippen molar-refractivity contribution in [2.45, 2.75) is 34.6 Å². The molecule has 0 bridgehead atoms. The molecule has 1 aromatic carbocycles. The van der Waals surface area contributed by atoms with Crippen molar-refractivity contribution in [2.24, 2.45) is 5.41 Å². The molecule has 3 heteroatoms. The number of hydrogen-bond acceptors (Lipinski definition) is 1. The number of nitrogens with zero attached hydrogens (tertiary/aromatic N) is 1. The van der Waals surface area contributed by atoms with Crippen molar-refractivity contribution in [3.63, 3.8) is 0 Å². The summed E-state index contributed by atoms with van der Waals surface area (Å²) in [6.45, 7) is 11.7. The fourth-order valence-corrected chi connectivity index (χ4v) is 1.68. The van der Waals surface area contributed by atoms with E-state index in [0.29, 0.717) is 13.1 Å². The van der Waals surface area contributed by atoms with Gasteiger partial charge in [-0.1, -0.05) is 32.9 Å². The maximum Gasteiger partial charge on any atom is 0.321 e. The third-order valence-corrected chi connectivity index (χ3v) is 2.64. The smallest absolute Gasteiger partial charge is 0.321 e. The first-order valence-corrected chi connectivity index (χ1v) is 6.45. The van der Waals surface area contributed by atoms with E-state index in [1.54, 1.807) is 4.90 Å². The molecule has 18 heavy (non-hydrogen) atoms. The molecule has 1 rings (SSSR count). The van der Waals surface area contributed by atoms with Crippen molar-refractivity contribution in [2.75, 3.05) is 18.0 Å². The third-order valence-electron chi connectivity index (χ3n) is 2.64. The minimum Gasteiger partial charge on any atom is -0.337 e. The topological polar surface area (TPSA) is 32.3 Å². The summed E-state index contributed by atoms with van der Waals surface area (Å²) in [6, 6.07) is 7.97. The van der Waals surface area contributed by atoms with Gasteiger partial charge in [0.05, 0.1) is 0 Å². The van der Waals surface area contributed by atoms with E-state index in [1.165, 1.54) is 0 Å². The summed E-state index contributed by atoms with van der Waals surface area (Å²) in [5, 5.41) is 2.98. The first-order chi connectivity index (χ1) is 8.33. The van der Waals surface area contributed by atoms with Gasteiger partial charge in [-0.2, -0.15) is 0 Å². The highest BCUT2D eigenvalue weighted by molar-refractivity contribution is 5.91. The van der Waals surface area contributed by atoms with Gasteiger partial charge in [-0.25, -0.2) is 4.79 Å². The van der Waals surface area contributed by atoms with Gasteiger partial charge in [0.25, 0.3) is 0 Å². The Morgan fingerprint density at radius 3 is 2.50 bits per heavy atom. The molecule has 0 radical (unpaired) electrons.